The maximum atomic E-state index is 13.4. The molecule has 0 aliphatic carbocycles. The van der Waals surface area contributed by atoms with Gasteiger partial charge in [-0.05, 0) is 0 Å². The molecule has 1 saturated heterocycles. The van der Waals surface area contributed by atoms with Gasteiger partial charge in [-0.15, -0.1) is 0 Å². The number of halogens is 3. The Labute approximate surface area is 207 Å². The summed E-state index contributed by atoms with van der Waals surface area (Å²) in [7, 11) is -13.9. The first-order chi connectivity index (χ1) is 16.7. The number of alkyl halides is 3. The van der Waals surface area contributed by atoms with Crippen molar-refractivity contribution < 1.29 is 91.0 Å². The molecule has 0 unspecified atom stereocenters. The van der Waals surface area contributed by atoms with E-state index in [4.69, 9.17) is 73.3 Å². The summed E-state index contributed by atoms with van der Waals surface area (Å²) in [5, 5.41) is 29.0. The number of nitrogens with zero attached hydrogens (tertiary/aromatic N) is 4. The molecule has 0 amide bonds. The van der Waals surface area contributed by atoms with Crippen LogP contribution in [0.15, 0.2) is 12.7 Å². The van der Waals surface area contributed by atoms with Crippen LogP contribution in [0.25, 0.3) is 11.2 Å². The summed E-state index contributed by atoms with van der Waals surface area (Å²) in [5.41, 5.74) is 1.80. The van der Waals surface area contributed by atoms with Crippen LogP contribution in [0, 0.1) is 0 Å². The van der Waals surface area contributed by atoms with Crippen LogP contribution >= 0.6 is 23.5 Å². The minimum Gasteiger partial charge on any atom is -0.394 e. The Balaban J connectivity index is 0.000000751. The second kappa shape index (κ2) is 13.1. The second-order valence-corrected chi connectivity index (χ2v) is 9.68. The van der Waals surface area contributed by atoms with Gasteiger partial charge in [-0.1, -0.05) is 0 Å². The standard InChI is InChI=1S/C11H12F3N5O4.3H3O4P/c12-11(13,14)10(22)6(21)4(1-20)23-9(10)19-3-18-5-7(15)16-2-17-8(5)19;3*1-5(2,3)4/h2-4,6,9,20-22H,1H2,(H2,15,16,17);3*(H3,1,2,3,4)/t4-,6-,9-,10+;;;/m1.../s1. The molecule has 27 heteroatoms. The number of aliphatic hydroxyl groups is 3. The zero-order valence-corrected chi connectivity index (χ0v) is 20.6. The van der Waals surface area contributed by atoms with Crippen molar-refractivity contribution >= 4 is 40.4 Å². The first kappa shape index (κ1) is 36.3. The van der Waals surface area contributed by atoms with Crippen molar-refractivity contribution in [3.63, 3.8) is 0 Å². The van der Waals surface area contributed by atoms with Gasteiger partial charge in [0.15, 0.2) is 17.7 Å². The molecule has 21 nitrogen and oxygen atoms in total. The third-order valence-electron chi connectivity index (χ3n) is 3.76. The number of aromatic nitrogens is 4. The molecule has 14 N–H and O–H groups in total. The summed E-state index contributed by atoms with van der Waals surface area (Å²) < 4.78 is 72.5. The number of fused-ring (bicyclic) bond motifs is 1. The van der Waals surface area contributed by atoms with Crippen LogP contribution in [-0.4, -0.2) is 109 Å². The second-order valence-electron chi connectivity index (χ2n) is 6.60. The number of imidazole rings is 1. The number of rotatable bonds is 2. The van der Waals surface area contributed by atoms with E-state index in [1.165, 1.54) is 0 Å². The molecule has 2 aromatic heterocycles. The lowest BCUT2D eigenvalue weighted by Crippen LogP contribution is -2.57. The zero-order chi connectivity index (χ0) is 30.5. The first-order valence-electron chi connectivity index (χ1n) is 8.73. The number of hydrogen-bond donors (Lipinski definition) is 13. The number of phosphoric acid groups is 3. The van der Waals surface area contributed by atoms with Gasteiger partial charge in [-0.2, -0.15) is 13.2 Å². The first-order valence-corrected chi connectivity index (χ1v) is 13.4. The van der Waals surface area contributed by atoms with E-state index in [-0.39, 0.29) is 17.0 Å². The lowest BCUT2D eigenvalue weighted by atomic mass is 9.93. The minimum atomic E-state index is -5.24. The van der Waals surface area contributed by atoms with Gasteiger partial charge in [0, 0.05) is 0 Å². The molecule has 222 valence electrons. The Kier molecular flexibility index (Phi) is 12.5. The number of nitrogen functional groups attached to an aromatic ring is 1. The van der Waals surface area contributed by atoms with E-state index >= 15 is 0 Å². The Morgan fingerprint density at radius 1 is 0.947 bits per heavy atom. The van der Waals surface area contributed by atoms with Crippen LogP contribution in [0.5, 0.6) is 0 Å². The van der Waals surface area contributed by atoms with Gasteiger partial charge in [0.1, 0.15) is 24.1 Å². The molecule has 0 spiro atoms. The molecule has 3 heterocycles. The Hall–Kier alpha value is -1.69. The van der Waals surface area contributed by atoms with Crippen molar-refractivity contribution in [2.24, 2.45) is 0 Å². The monoisotopic (exact) mass is 629 g/mol. The van der Waals surface area contributed by atoms with E-state index in [2.05, 4.69) is 15.0 Å². The molecule has 0 bridgehead atoms. The largest absolute Gasteiger partial charge is 0.466 e. The fourth-order valence-corrected chi connectivity index (χ4v) is 2.54. The van der Waals surface area contributed by atoms with Gasteiger partial charge in [0.25, 0.3) is 0 Å². The van der Waals surface area contributed by atoms with Crippen molar-refractivity contribution in [3.05, 3.63) is 12.7 Å². The molecule has 38 heavy (non-hydrogen) atoms. The van der Waals surface area contributed by atoms with Gasteiger partial charge in [0.2, 0.25) is 5.60 Å². The number of nitrogens with two attached hydrogens (primary N) is 1. The van der Waals surface area contributed by atoms with Crippen LogP contribution in [0.1, 0.15) is 6.23 Å². The van der Waals surface area contributed by atoms with Crippen LogP contribution in [-0.2, 0) is 18.4 Å². The van der Waals surface area contributed by atoms with Gasteiger partial charge in [-0.3, -0.25) is 4.57 Å². The van der Waals surface area contributed by atoms with Gasteiger partial charge < -0.3 is 69.8 Å². The summed E-state index contributed by atoms with van der Waals surface area (Å²) >= 11 is 0. The molecule has 0 aromatic carbocycles. The van der Waals surface area contributed by atoms with Gasteiger partial charge >= 0.3 is 29.6 Å². The molecule has 0 radical (unpaired) electrons. The van der Waals surface area contributed by atoms with Gasteiger partial charge in [-0.25, -0.2) is 28.6 Å². The fraction of sp³-hybridized carbons (Fsp3) is 0.545. The Morgan fingerprint density at radius 2 is 1.37 bits per heavy atom. The third-order valence-corrected chi connectivity index (χ3v) is 3.76. The minimum absolute atomic E-state index is 0.0163. The smallest absolute Gasteiger partial charge is 0.394 e. The van der Waals surface area contributed by atoms with E-state index in [1.54, 1.807) is 0 Å². The molecule has 0 saturated carbocycles. The average molecular weight is 629 g/mol. The highest BCUT2D eigenvalue weighted by molar-refractivity contribution is 7.45. The Bertz CT molecular complexity index is 1130. The topological polar surface area (TPSA) is 373 Å². The zero-order valence-electron chi connectivity index (χ0n) is 17.9. The molecule has 1 aliphatic heterocycles. The van der Waals surface area contributed by atoms with Crippen molar-refractivity contribution in [3.8, 4) is 0 Å². The highest BCUT2D eigenvalue weighted by Crippen LogP contribution is 2.49. The van der Waals surface area contributed by atoms with Crippen molar-refractivity contribution in [1.29, 1.82) is 0 Å². The highest BCUT2D eigenvalue weighted by atomic mass is 31.2. The predicted octanol–water partition coefficient (Wildman–Crippen LogP) is -3.83. The predicted molar refractivity (Wildman–Crippen MR) is 111 cm³/mol. The summed E-state index contributed by atoms with van der Waals surface area (Å²) in [4.78, 5) is 75.9. The third kappa shape index (κ3) is 12.0. The maximum Gasteiger partial charge on any atom is 0.466 e. The van der Waals surface area contributed by atoms with E-state index in [9.17, 15) is 23.4 Å². The quantitative estimate of drug-likeness (QED) is 0.141. The van der Waals surface area contributed by atoms with Crippen molar-refractivity contribution in [2.45, 2.75) is 30.2 Å². The summed E-state index contributed by atoms with van der Waals surface area (Å²) in [6.07, 6.45) is -9.43. The fourth-order valence-electron chi connectivity index (χ4n) is 2.54. The summed E-state index contributed by atoms with van der Waals surface area (Å²) in [6.45, 7) is -0.917. The number of hydrogen-bond acceptors (Lipinski definition) is 11. The van der Waals surface area contributed by atoms with Crippen LogP contribution in [0.3, 0.4) is 0 Å². The normalized spacial score (nSPS) is 23.9. The average Bonchev–Trinajstić information content (AvgIpc) is 3.18. The van der Waals surface area contributed by atoms with E-state index in [0.717, 1.165) is 17.2 Å². The molecule has 4 atom stereocenters. The lowest BCUT2D eigenvalue weighted by Gasteiger charge is -2.33. The molecule has 1 aliphatic rings. The molecule has 1 fully saturated rings. The number of aliphatic hydroxyl groups excluding tert-OH is 2. The maximum absolute atomic E-state index is 13.4. The summed E-state index contributed by atoms with van der Waals surface area (Å²) in [5.74, 6) is -0.0680. The van der Waals surface area contributed by atoms with E-state index in [1.807, 2.05) is 0 Å². The molecular weight excluding hydrogens is 608 g/mol. The number of anilines is 1. The van der Waals surface area contributed by atoms with Crippen LogP contribution < -0.4 is 5.73 Å². The highest BCUT2D eigenvalue weighted by Gasteiger charge is 2.70. The van der Waals surface area contributed by atoms with E-state index < -0.39 is 60.3 Å². The molecular formula is C11H21F3N5O16P3. The number of ether oxygens (including phenoxy) is 1. The summed E-state index contributed by atoms with van der Waals surface area (Å²) in [6, 6.07) is 0. The van der Waals surface area contributed by atoms with Crippen LogP contribution in [0.4, 0.5) is 19.0 Å². The lowest BCUT2D eigenvalue weighted by molar-refractivity contribution is -0.303. The molecule has 3 rings (SSSR count). The van der Waals surface area contributed by atoms with Crippen molar-refractivity contribution in [2.75, 3.05) is 12.3 Å². The van der Waals surface area contributed by atoms with E-state index in [0.29, 0.717) is 0 Å². The Morgan fingerprint density at radius 3 is 1.74 bits per heavy atom. The van der Waals surface area contributed by atoms with Crippen molar-refractivity contribution in [1.82, 2.24) is 19.5 Å². The van der Waals surface area contributed by atoms with Crippen LogP contribution in [0.2, 0.25) is 0 Å². The van der Waals surface area contributed by atoms with Gasteiger partial charge in [0.05, 0.1) is 12.9 Å². The SMILES string of the molecule is Nc1ncnc2c1ncn2[C@@H]1O[C@H](CO)[C@@H](O)[C@@]1(O)C(F)(F)F.O=P(O)(O)O.O=P(O)(O)O.O=P(O)(O)O. The molecule has 2 aromatic rings.